The van der Waals surface area contributed by atoms with E-state index in [4.69, 9.17) is 0 Å². The lowest BCUT2D eigenvalue weighted by molar-refractivity contribution is -0.130. The number of amides is 4. The highest BCUT2D eigenvalue weighted by Gasteiger charge is 2.34. The topological polar surface area (TPSA) is 152 Å². The van der Waals surface area contributed by atoms with Gasteiger partial charge in [-0.3, -0.25) is 14.4 Å². The smallest absolute Gasteiger partial charge is 0.337 e. The van der Waals surface area contributed by atoms with Crippen LogP contribution < -0.4 is 10.6 Å². The molecule has 11 nitrogen and oxygen atoms in total. The van der Waals surface area contributed by atoms with E-state index in [0.717, 1.165) is 0 Å². The Labute approximate surface area is 234 Å². The van der Waals surface area contributed by atoms with Crippen molar-refractivity contribution in [2.75, 3.05) is 30.3 Å². The lowest BCUT2D eigenvalue weighted by Crippen LogP contribution is -2.56. The van der Waals surface area contributed by atoms with Crippen molar-refractivity contribution in [2.24, 2.45) is 0 Å². The van der Waals surface area contributed by atoms with Gasteiger partial charge in [0.25, 0.3) is 17.6 Å². The fraction of sp³-hybridized carbons (Fsp3) is 0.167. The SMILES string of the molecule is CC1CN(C(=O)c2ccccc2)CCN1C(=O)C(=O)c1c[nH]c2c(NC(=O)Nc3ccccc3C(=O)O)cccc12. The van der Waals surface area contributed by atoms with E-state index >= 15 is 0 Å². The second kappa shape index (κ2) is 11.3. The van der Waals surface area contributed by atoms with Crippen molar-refractivity contribution in [3.63, 3.8) is 0 Å². The minimum atomic E-state index is -1.18. The molecule has 4 amide bonds. The Bertz CT molecular complexity index is 1660. The van der Waals surface area contributed by atoms with Crippen molar-refractivity contribution in [2.45, 2.75) is 13.0 Å². The predicted molar refractivity (Wildman–Crippen MR) is 152 cm³/mol. The molecule has 2 heterocycles. The molecule has 1 unspecified atom stereocenters. The minimum absolute atomic E-state index is 0.0633. The summed E-state index contributed by atoms with van der Waals surface area (Å²) >= 11 is 0. The second-order valence-corrected chi connectivity index (χ2v) is 9.65. The maximum Gasteiger partial charge on any atom is 0.337 e. The van der Waals surface area contributed by atoms with Crippen LogP contribution in [-0.4, -0.2) is 75.2 Å². The summed E-state index contributed by atoms with van der Waals surface area (Å²) in [7, 11) is 0. The fourth-order valence-electron chi connectivity index (χ4n) is 4.95. The van der Waals surface area contributed by atoms with Crippen molar-refractivity contribution in [1.29, 1.82) is 0 Å². The molecular formula is C30H27N5O6. The number of carboxylic acid groups (broad SMARTS) is 1. The van der Waals surface area contributed by atoms with Gasteiger partial charge in [0.1, 0.15) is 0 Å². The van der Waals surface area contributed by atoms with Gasteiger partial charge in [-0.1, -0.05) is 42.5 Å². The van der Waals surface area contributed by atoms with E-state index < -0.39 is 23.7 Å². The number of nitrogens with zero attached hydrogens (tertiary/aromatic N) is 2. The molecule has 0 saturated carbocycles. The number of fused-ring (bicyclic) bond motifs is 1. The van der Waals surface area contributed by atoms with Crippen molar-refractivity contribution in [3.05, 3.63) is 95.7 Å². The first-order chi connectivity index (χ1) is 19.7. The highest BCUT2D eigenvalue weighted by molar-refractivity contribution is 6.45. The van der Waals surface area contributed by atoms with Gasteiger partial charge in [-0.15, -0.1) is 0 Å². The number of rotatable bonds is 6. The molecule has 1 aliphatic heterocycles. The van der Waals surface area contributed by atoms with Crippen molar-refractivity contribution < 1.29 is 29.1 Å². The van der Waals surface area contributed by atoms with Gasteiger partial charge in [-0.2, -0.15) is 0 Å². The number of aromatic amines is 1. The molecule has 5 rings (SSSR count). The lowest BCUT2D eigenvalue weighted by Gasteiger charge is -2.39. The zero-order valence-electron chi connectivity index (χ0n) is 22.1. The zero-order valence-corrected chi connectivity index (χ0v) is 22.1. The average Bonchev–Trinajstić information content (AvgIpc) is 3.42. The Balaban J connectivity index is 1.28. The molecule has 0 spiro atoms. The third kappa shape index (κ3) is 5.50. The Morgan fingerprint density at radius 2 is 1.51 bits per heavy atom. The molecule has 208 valence electrons. The third-order valence-electron chi connectivity index (χ3n) is 7.00. The number of urea groups is 1. The number of anilines is 2. The molecule has 0 aliphatic carbocycles. The van der Waals surface area contributed by atoms with E-state index in [0.29, 0.717) is 35.2 Å². The van der Waals surface area contributed by atoms with Crippen LogP contribution in [0.3, 0.4) is 0 Å². The number of carboxylic acids is 1. The number of Topliss-reactive ketones (excluding diaryl/α,β-unsaturated/α-hetero) is 1. The van der Waals surface area contributed by atoms with Gasteiger partial charge in [0.2, 0.25) is 0 Å². The van der Waals surface area contributed by atoms with Crippen LogP contribution in [0, 0.1) is 0 Å². The predicted octanol–water partition coefficient (Wildman–Crippen LogP) is 4.07. The number of carbonyl (C=O) groups is 5. The Kier molecular flexibility index (Phi) is 7.51. The van der Waals surface area contributed by atoms with Gasteiger partial charge in [0.15, 0.2) is 0 Å². The van der Waals surface area contributed by atoms with Crippen LogP contribution in [0.4, 0.5) is 16.2 Å². The van der Waals surface area contributed by atoms with E-state index in [1.165, 1.54) is 23.2 Å². The zero-order chi connectivity index (χ0) is 29.1. The van der Waals surface area contributed by atoms with E-state index in [1.54, 1.807) is 66.4 Å². The first kappa shape index (κ1) is 27.1. The number of aromatic carboxylic acids is 1. The fourth-order valence-corrected chi connectivity index (χ4v) is 4.95. The van der Waals surface area contributed by atoms with Gasteiger partial charge in [-0.25, -0.2) is 9.59 Å². The van der Waals surface area contributed by atoms with Crippen molar-refractivity contribution in [1.82, 2.24) is 14.8 Å². The quantitative estimate of drug-likeness (QED) is 0.209. The maximum atomic E-state index is 13.3. The molecule has 41 heavy (non-hydrogen) atoms. The molecule has 11 heteroatoms. The first-order valence-electron chi connectivity index (χ1n) is 12.9. The number of hydrogen-bond donors (Lipinski definition) is 4. The number of ketones is 1. The van der Waals surface area contributed by atoms with E-state index in [-0.39, 0.29) is 35.3 Å². The summed E-state index contributed by atoms with van der Waals surface area (Å²) < 4.78 is 0. The largest absolute Gasteiger partial charge is 0.478 e. The molecule has 1 atom stereocenters. The molecular weight excluding hydrogens is 526 g/mol. The summed E-state index contributed by atoms with van der Waals surface area (Å²) in [5.41, 5.74) is 1.54. The molecule has 1 saturated heterocycles. The summed E-state index contributed by atoms with van der Waals surface area (Å²) in [4.78, 5) is 69.7. The summed E-state index contributed by atoms with van der Waals surface area (Å²) in [5.74, 6) is -2.68. The number of nitrogens with one attached hydrogen (secondary N) is 3. The van der Waals surface area contributed by atoms with Crippen LogP contribution in [0.5, 0.6) is 0 Å². The number of benzene rings is 3. The summed E-state index contributed by atoms with van der Waals surface area (Å²) in [6.07, 6.45) is 1.42. The van der Waals surface area contributed by atoms with Gasteiger partial charge >= 0.3 is 12.0 Å². The number of hydrogen-bond acceptors (Lipinski definition) is 5. The number of para-hydroxylation sites is 2. The van der Waals surface area contributed by atoms with Gasteiger partial charge in [-0.05, 0) is 37.3 Å². The van der Waals surface area contributed by atoms with Crippen LogP contribution >= 0.6 is 0 Å². The van der Waals surface area contributed by atoms with Gasteiger partial charge in [0.05, 0.1) is 28.0 Å². The molecule has 1 aliphatic rings. The molecule has 0 bridgehead atoms. The van der Waals surface area contributed by atoms with Crippen molar-refractivity contribution >= 4 is 51.9 Å². The number of H-pyrrole nitrogens is 1. The number of aromatic nitrogens is 1. The van der Waals surface area contributed by atoms with Crippen LogP contribution in [0.25, 0.3) is 10.9 Å². The van der Waals surface area contributed by atoms with Gasteiger partial charge in [0, 0.05) is 42.8 Å². The van der Waals surface area contributed by atoms with Crippen LogP contribution in [-0.2, 0) is 4.79 Å². The molecule has 3 aromatic carbocycles. The van der Waals surface area contributed by atoms with Gasteiger partial charge < -0.3 is 30.5 Å². The Morgan fingerprint density at radius 3 is 2.24 bits per heavy atom. The van der Waals surface area contributed by atoms with E-state index in [2.05, 4.69) is 15.6 Å². The summed E-state index contributed by atoms with van der Waals surface area (Å²) in [5, 5.41) is 15.0. The lowest BCUT2D eigenvalue weighted by atomic mass is 10.1. The Morgan fingerprint density at radius 1 is 0.829 bits per heavy atom. The maximum absolute atomic E-state index is 13.3. The molecule has 0 radical (unpaired) electrons. The second-order valence-electron chi connectivity index (χ2n) is 9.65. The molecule has 1 aromatic heterocycles. The minimum Gasteiger partial charge on any atom is -0.478 e. The highest BCUT2D eigenvalue weighted by atomic mass is 16.4. The molecule has 4 aromatic rings. The normalized spacial score (nSPS) is 14.9. The highest BCUT2D eigenvalue weighted by Crippen LogP contribution is 2.27. The average molecular weight is 554 g/mol. The standard InChI is InChI=1S/C30H27N5O6/c1-18-17-34(27(37)19-8-3-2-4-9-19)14-15-35(18)28(38)26(36)22-16-31-25-20(22)11-7-13-24(25)33-30(41)32-23-12-6-5-10-21(23)29(39)40/h2-13,16,18,31H,14-15,17H2,1H3,(H,39,40)(H2,32,33,41). The van der Waals surface area contributed by atoms with Crippen LogP contribution in [0.15, 0.2) is 79.0 Å². The number of carbonyl (C=O) groups excluding carboxylic acids is 4. The molecule has 4 N–H and O–H groups in total. The van der Waals surface area contributed by atoms with E-state index in [9.17, 15) is 29.1 Å². The Hall–Kier alpha value is -5.45. The van der Waals surface area contributed by atoms with Crippen molar-refractivity contribution in [3.8, 4) is 0 Å². The monoisotopic (exact) mass is 553 g/mol. The van der Waals surface area contributed by atoms with Crippen LogP contribution in [0.2, 0.25) is 0 Å². The third-order valence-corrected chi connectivity index (χ3v) is 7.00. The summed E-state index contributed by atoms with van der Waals surface area (Å²) in [6.45, 7) is 2.62. The van der Waals surface area contributed by atoms with Crippen LogP contribution in [0.1, 0.15) is 38.0 Å². The summed E-state index contributed by atoms with van der Waals surface area (Å²) in [6, 6.07) is 18.8. The first-order valence-corrected chi connectivity index (χ1v) is 12.9. The van der Waals surface area contributed by atoms with E-state index in [1.807, 2.05) is 6.07 Å². The molecule has 1 fully saturated rings. The number of piperazine rings is 1.